The van der Waals surface area contributed by atoms with Gasteiger partial charge in [-0.2, -0.15) is 13.1 Å². The molecule has 0 aliphatic carbocycles. The first kappa shape index (κ1) is 22.3. The molecule has 30 heavy (non-hydrogen) atoms. The highest BCUT2D eigenvalue weighted by Gasteiger charge is 2.24. The van der Waals surface area contributed by atoms with Crippen LogP contribution in [0.5, 0.6) is 5.75 Å². The molecule has 7 nitrogen and oxygen atoms in total. The van der Waals surface area contributed by atoms with Gasteiger partial charge in [0.05, 0.1) is 12.2 Å². The summed E-state index contributed by atoms with van der Waals surface area (Å²) in [6.45, 7) is -1.46. The average molecular weight is 474 g/mol. The number of nitrogens with zero attached hydrogens (tertiary/aromatic N) is 2. The summed E-state index contributed by atoms with van der Waals surface area (Å²) in [4.78, 5) is 17.5. The summed E-state index contributed by atoms with van der Waals surface area (Å²) < 4.78 is 54.8. The molecule has 0 atom stereocenters. The summed E-state index contributed by atoms with van der Waals surface area (Å²) in [5.41, 5.74) is 1.25. The van der Waals surface area contributed by atoms with Crippen LogP contribution in [0.25, 0.3) is 11.3 Å². The minimum absolute atomic E-state index is 0.0325. The van der Waals surface area contributed by atoms with Crippen LogP contribution in [0.3, 0.4) is 0 Å². The van der Waals surface area contributed by atoms with Crippen molar-refractivity contribution < 1.29 is 26.7 Å². The number of rotatable bonds is 8. The van der Waals surface area contributed by atoms with E-state index in [0.717, 1.165) is 20.5 Å². The molecule has 0 bridgehead atoms. The number of likely N-dealkylation sites (N-methyl/N-ethyl adjacent to an activating group) is 1. The van der Waals surface area contributed by atoms with Crippen LogP contribution < -0.4 is 10.1 Å². The van der Waals surface area contributed by atoms with Crippen molar-refractivity contribution in [3.05, 3.63) is 46.7 Å². The lowest BCUT2D eigenvalue weighted by molar-refractivity contribution is -0.116. The number of benzene rings is 1. The molecule has 0 radical (unpaired) electrons. The number of hydrogen-bond donors (Lipinski definition) is 1. The molecule has 1 aromatic carbocycles. The Morgan fingerprint density at radius 1 is 1.27 bits per heavy atom. The normalized spacial score (nSPS) is 11.8. The molecule has 0 saturated heterocycles. The number of aryl methyl sites for hydroxylation is 1. The maximum absolute atomic E-state index is 12.4. The maximum atomic E-state index is 12.4. The quantitative estimate of drug-likeness (QED) is 0.533. The van der Waals surface area contributed by atoms with E-state index in [4.69, 9.17) is 0 Å². The molecule has 160 valence electrons. The summed E-state index contributed by atoms with van der Waals surface area (Å²) in [6, 6.07) is 9.09. The third kappa shape index (κ3) is 5.19. The first-order valence-corrected chi connectivity index (χ1v) is 11.6. The zero-order valence-corrected chi connectivity index (χ0v) is 18.3. The number of nitrogens with one attached hydrogen (secondary N) is 1. The van der Waals surface area contributed by atoms with Crippen molar-refractivity contribution in [2.45, 2.75) is 17.7 Å². The Bertz CT molecular complexity index is 1110. The molecule has 0 spiro atoms. The van der Waals surface area contributed by atoms with Gasteiger partial charge >= 0.3 is 6.61 Å². The third-order valence-electron chi connectivity index (χ3n) is 3.92. The minimum Gasteiger partial charge on any atom is -0.435 e. The van der Waals surface area contributed by atoms with Gasteiger partial charge in [-0.15, -0.1) is 22.7 Å². The fraction of sp³-hybridized carbons (Fsp3) is 0.222. The van der Waals surface area contributed by atoms with Crippen LogP contribution in [0.2, 0.25) is 0 Å². The van der Waals surface area contributed by atoms with Gasteiger partial charge in [-0.1, -0.05) is 6.07 Å². The molecular weight excluding hydrogens is 456 g/mol. The maximum Gasteiger partial charge on any atom is 0.387 e. The lowest BCUT2D eigenvalue weighted by Gasteiger charge is -2.15. The largest absolute Gasteiger partial charge is 0.435 e. The number of alkyl halides is 2. The average Bonchev–Trinajstić information content (AvgIpc) is 3.32. The number of sulfonamides is 1. The summed E-state index contributed by atoms with van der Waals surface area (Å²) in [7, 11) is -2.40. The molecule has 1 amide bonds. The van der Waals surface area contributed by atoms with Crippen molar-refractivity contribution in [1.82, 2.24) is 9.29 Å². The smallest absolute Gasteiger partial charge is 0.387 e. The lowest BCUT2D eigenvalue weighted by atomic mass is 10.1. The van der Waals surface area contributed by atoms with Gasteiger partial charge < -0.3 is 10.1 Å². The molecule has 0 fully saturated rings. The van der Waals surface area contributed by atoms with E-state index in [2.05, 4.69) is 15.0 Å². The second kappa shape index (κ2) is 9.16. The van der Waals surface area contributed by atoms with Crippen LogP contribution in [0.15, 0.2) is 46.0 Å². The summed E-state index contributed by atoms with van der Waals surface area (Å²) >= 11 is 2.30. The second-order valence-corrected chi connectivity index (χ2v) is 10.5. The highest BCUT2D eigenvalue weighted by Crippen LogP contribution is 2.31. The number of halogens is 2. The number of hydrogen-bond acceptors (Lipinski definition) is 7. The van der Waals surface area contributed by atoms with Gasteiger partial charge in [0, 0.05) is 17.5 Å². The first-order chi connectivity index (χ1) is 14.2. The zero-order chi connectivity index (χ0) is 21.9. The number of ether oxygens (including phenoxy) is 1. The lowest BCUT2D eigenvalue weighted by Crippen LogP contribution is -2.34. The topological polar surface area (TPSA) is 88.6 Å². The summed E-state index contributed by atoms with van der Waals surface area (Å²) in [5.74, 6) is -0.497. The monoisotopic (exact) mass is 473 g/mol. The van der Waals surface area contributed by atoms with Gasteiger partial charge in [0.2, 0.25) is 5.91 Å². The number of thiazole rings is 1. The standard InChI is InChI=1S/C18H17F2N3O4S3/c1-11-16(12-5-7-13(8-6-12)27-17(19)20)22-18(29-11)21-14(24)10-23(2)30(25,26)15-4-3-9-28-15/h3-9,17H,10H2,1-2H3,(H,21,22,24). The minimum atomic E-state index is -3.73. The number of anilines is 1. The van der Waals surface area contributed by atoms with Crippen LogP contribution in [0.4, 0.5) is 13.9 Å². The molecule has 0 saturated carbocycles. The predicted octanol–water partition coefficient (Wildman–Crippen LogP) is 4.04. The van der Waals surface area contributed by atoms with Crippen LogP contribution in [0.1, 0.15) is 4.88 Å². The van der Waals surface area contributed by atoms with Crippen LogP contribution in [-0.4, -0.2) is 43.8 Å². The molecule has 0 aliphatic heterocycles. The summed E-state index contributed by atoms with van der Waals surface area (Å²) in [5, 5.41) is 4.55. The van der Waals surface area contributed by atoms with E-state index >= 15 is 0 Å². The van der Waals surface area contributed by atoms with E-state index in [-0.39, 0.29) is 16.5 Å². The van der Waals surface area contributed by atoms with E-state index in [0.29, 0.717) is 16.4 Å². The molecule has 3 aromatic rings. The fourth-order valence-corrected chi connectivity index (χ4v) is 5.70. The zero-order valence-electron chi connectivity index (χ0n) is 15.8. The van der Waals surface area contributed by atoms with E-state index in [1.54, 1.807) is 30.5 Å². The van der Waals surface area contributed by atoms with E-state index in [1.807, 2.05) is 0 Å². The van der Waals surface area contributed by atoms with Crippen molar-refractivity contribution in [1.29, 1.82) is 0 Å². The highest BCUT2D eigenvalue weighted by molar-refractivity contribution is 7.91. The van der Waals surface area contributed by atoms with Crippen molar-refractivity contribution >= 4 is 43.7 Å². The second-order valence-electron chi connectivity index (χ2n) is 6.07. The Morgan fingerprint density at radius 3 is 2.57 bits per heavy atom. The number of aromatic nitrogens is 1. The number of carbonyl (C=O) groups excluding carboxylic acids is 1. The molecule has 3 rings (SSSR count). The summed E-state index contributed by atoms with van der Waals surface area (Å²) in [6.07, 6.45) is 0. The number of carbonyl (C=O) groups is 1. The Kier molecular flexibility index (Phi) is 6.81. The predicted molar refractivity (Wildman–Crippen MR) is 112 cm³/mol. The van der Waals surface area contributed by atoms with E-state index in [9.17, 15) is 22.0 Å². The Balaban J connectivity index is 1.67. The molecular formula is C18H17F2N3O4S3. The van der Waals surface area contributed by atoms with Gasteiger partial charge in [-0.25, -0.2) is 13.4 Å². The van der Waals surface area contributed by atoms with Crippen molar-refractivity contribution in [3.8, 4) is 17.0 Å². The first-order valence-electron chi connectivity index (χ1n) is 8.49. The molecule has 2 heterocycles. The Labute approximate surface area is 180 Å². The van der Waals surface area contributed by atoms with Crippen molar-refractivity contribution in [3.63, 3.8) is 0 Å². The number of thiophene rings is 1. The Morgan fingerprint density at radius 2 is 1.97 bits per heavy atom. The van der Waals surface area contributed by atoms with Crippen LogP contribution in [-0.2, 0) is 14.8 Å². The third-order valence-corrected chi connectivity index (χ3v) is 7.98. The van der Waals surface area contributed by atoms with E-state index in [1.165, 1.54) is 36.6 Å². The van der Waals surface area contributed by atoms with Crippen LogP contribution in [0, 0.1) is 6.92 Å². The SMILES string of the molecule is Cc1sc(NC(=O)CN(C)S(=O)(=O)c2cccs2)nc1-c1ccc(OC(F)F)cc1. The molecule has 0 unspecified atom stereocenters. The molecule has 0 aliphatic rings. The highest BCUT2D eigenvalue weighted by atomic mass is 32.2. The Hall–Kier alpha value is -2.41. The van der Waals surface area contributed by atoms with Crippen molar-refractivity contribution in [2.75, 3.05) is 18.9 Å². The number of amides is 1. The fourth-order valence-electron chi connectivity index (χ4n) is 2.52. The van der Waals surface area contributed by atoms with Gasteiger partial charge in [0.25, 0.3) is 10.0 Å². The van der Waals surface area contributed by atoms with Gasteiger partial charge in [-0.05, 0) is 42.6 Å². The van der Waals surface area contributed by atoms with Gasteiger partial charge in [-0.3, -0.25) is 4.79 Å². The molecule has 1 N–H and O–H groups in total. The molecule has 2 aromatic heterocycles. The van der Waals surface area contributed by atoms with Crippen LogP contribution >= 0.6 is 22.7 Å². The van der Waals surface area contributed by atoms with Crippen molar-refractivity contribution in [2.24, 2.45) is 0 Å². The molecule has 12 heteroatoms. The van der Waals surface area contributed by atoms with Gasteiger partial charge in [0.15, 0.2) is 5.13 Å². The van der Waals surface area contributed by atoms with Gasteiger partial charge in [0.1, 0.15) is 9.96 Å². The van der Waals surface area contributed by atoms with E-state index < -0.39 is 22.5 Å².